The molecule has 8 heteroatoms. The summed E-state index contributed by atoms with van der Waals surface area (Å²) in [6.45, 7) is 15.4. The third-order valence-corrected chi connectivity index (χ3v) is 7.43. The topological polar surface area (TPSA) is 77.9 Å². The minimum Gasteiger partial charge on any atom is -0.496 e. The van der Waals surface area contributed by atoms with E-state index in [1.165, 1.54) is 0 Å². The maximum atomic E-state index is 13.1. The molecule has 0 spiro atoms. The zero-order chi connectivity index (χ0) is 29.2. The number of methoxy groups -OCH3 is 3. The van der Waals surface area contributed by atoms with Gasteiger partial charge in [0.05, 0.1) is 38.3 Å². The van der Waals surface area contributed by atoms with E-state index in [0.717, 1.165) is 53.6 Å². The lowest BCUT2D eigenvalue weighted by Gasteiger charge is -2.21. The number of likely N-dealkylation sites (tertiary alicyclic amines) is 1. The molecule has 4 rings (SSSR count). The van der Waals surface area contributed by atoms with Crippen LogP contribution in [0.2, 0.25) is 0 Å². The number of ether oxygens (including phenoxy) is 3. The average molecular weight is 549 g/mol. The summed E-state index contributed by atoms with van der Waals surface area (Å²) in [5, 5.41) is 8.16. The molecule has 0 saturated carbocycles. The van der Waals surface area contributed by atoms with E-state index in [1.54, 1.807) is 21.3 Å². The van der Waals surface area contributed by atoms with Crippen molar-refractivity contribution >= 4 is 5.91 Å². The Kier molecular flexibility index (Phi) is 8.49. The summed E-state index contributed by atoms with van der Waals surface area (Å²) in [6.07, 6.45) is 0.877. The van der Waals surface area contributed by atoms with E-state index in [0.29, 0.717) is 17.9 Å². The molecule has 1 fully saturated rings. The molecule has 8 nitrogen and oxygen atoms in total. The molecule has 1 N–H and O–H groups in total. The number of carbonyl (C=O) groups is 1. The summed E-state index contributed by atoms with van der Waals surface area (Å²) in [5.74, 6) is 2.08. The van der Waals surface area contributed by atoms with Gasteiger partial charge in [-0.25, -0.2) is 4.68 Å². The highest BCUT2D eigenvalue weighted by molar-refractivity contribution is 5.94. The van der Waals surface area contributed by atoms with Gasteiger partial charge in [-0.3, -0.25) is 9.69 Å². The minimum absolute atomic E-state index is 0.0517. The summed E-state index contributed by atoms with van der Waals surface area (Å²) in [4.78, 5) is 15.4. The Morgan fingerprint density at radius 2 is 1.55 bits per heavy atom. The van der Waals surface area contributed by atoms with E-state index in [4.69, 9.17) is 19.3 Å². The molecule has 1 aliphatic heterocycles. The molecule has 0 aliphatic carbocycles. The summed E-state index contributed by atoms with van der Waals surface area (Å²) in [5.41, 5.74) is 4.63. The quantitative estimate of drug-likeness (QED) is 0.401. The number of rotatable bonds is 8. The van der Waals surface area contributed by atoms with Crippen LogP contribution in [0.4, 0.5) is 0 Å². The monoisotopic (exact) mass is 548 g/mol. The highest BCUT2D eigenvalue weighted by atomic mass is 16.5. The zero-order valence-corrected chi connectivity index (χ0v) is 25.4. The molecule has 1 saturated heterocycles. The first-order chi connectivity index (χ1) is 18.8. The van der Waals surface area contributed by atoms with Crippen LogP contribution in [0.1, 0.15) is 75.3 Å². The van der Waals surface area contributed by atoms with Crippen LogP contribution in [-0.4, -0.2) is 61.0 Å². The van der Waals surface area contributed by atoms with Crippen LogP contribution < -0.4 is 19.5 Å². The number of aromatic nitrogens is 2. The van der Waals surface area contributed by atoms with E-state index >= 15 is 0 Å². The van der Waals surface area contributed by atoms with Gasteiger partial charge in [-0.05, 0) is 36.8 Å². The van der Waals surface area contributed by atoms with Gasteiger partial charge in [0.25, 0.3) is 5.91 Å². The van der Waals surface area contributed by atoms with E-state index in [9.17, 15) is 4.79 Å². The second-order valence-electron chi connectivity index (χ2n) is 12.6. The summed E-state index contributed by atoms with van der Waals surface area (Å²) in [6, 6.07) is 13.7. The normalized spacial score (nSPS) is 16.2. The smallest absolute Gasteiger partial charge is 0.251 e. The average Bonchev–Trinajstić information content (AvgIpc) is 3.56. The van der Waals surface area contributed by atoms with Crippen molar-refractivity contribution in [2.24, 2.45) is 0 Å². The highest BCUT2D eigenvalue weighted by Gasteiger charge is 2.28. The van der Waals surface area contributed by atoms with Gasteiger partial charge in [-0.1, -0.05) is 41.5 Å². The summed E-state index contributed by atoms with van der Waals surface area (Å²) >= 11 is 0. The van der Waals surface area contributed by atoms with E-state index in [2.05, 4.69) is 57.8 Å². The van der Waals surface area contributed by atoms with Crippen molar-refractivity contribution in [3.63, 3.8) is 0 Å². The number of hydrogen-bond donors (Lipinski definition) is 1. The van der Waals surface area contributed by atoms with Crippen molar-refractivity contribution in [1.82, 2.24) is 20.0 Å². The number of nitrogens with one attached hydrogen (secondary N) is 1. The Balaban J connectivity index is 1.43. The molecular weight excluding hydrogens is 504 g/mol. The molecular formula is C32H44N4O4. The lowest BCUT2D eigenvalue weighted by molar-refractivity contribution is 0.0937. The van der Waals surface area contributed by atoms with Crippen LogP contribution in [0.3, 0.4) is 0 Å². The fourth-order valence-corrected chi connectivity index (χ4v) is 5.05. The van der Waals surface area contributed by atoms with Gasteiger partial charge in [-0.15, -0.1) is 0 Å². The van der Waals surface area contributed by atoms with E-state index in [-0.39, 0.29) is 22.8 Å². The molecule has 1 amide bonds. The first-order valence-corrected chi connectivity index (χ1v) is 13.9. The predicted molar refractivity (Wildman–Crippen MR) is 158 cm³/mol. The van der Waals surface area contributed by atoms with Gasteiger partial charge in [0, 0.05) is 59.9 Å². The molecule has 40 heavy (non-hydrogen) atoms. The number of hydrogen-bond acceptors (Lipinski definition) is 6. The Labute approximate surface area is 238 Å². The number of amides is 1. The van der Waals surface area contributed by atoms with Crippen LogP contribution in [0.15, 0.2) is 42.5 Å². The maximum Gasteiger partial charge on any atom is 0.251 e. The second kappa shape index (κ2) is 11.5. The van der Waals surface area contributed by atoms with Gasteiger partial charge < -0.3 is 19.5 Å². The van der Waals surface area contributed by atoms with Gasteiger partial charge in [0.15, 0.2) is 0 Å². The number of benzene rings is 2. The van der Waals surface area contributed by atoms with Crippen LogP contribution in [0, 0.1) is 0 Å². The molecule has 3 aromatic rings. The Morgan fingerprint density at radius 1 is 0.925 bits per heavy atom. The SMILES string of the molecule is COc1cc(OC)c(CN2CCC(NC(=O)c3ccc(-n4nc(C(C)(C)C)cc4C(C)(C)C)cc3)C2)c(OC)c1. The lowest BCUT2D eigenvalue weighted by atomic mass is 9.88. The molecule has 2 heterocycles. The van der Waals surface area contributed by atoms with E-state index in [1.807, 2.05) is 41.1 Å². The van der Waals surface area contributed by atoms with Crippen LogP contribution in [0.25, 0.3) is 5.69 Å². The fraction of sp³-hybridized carbons (Fsp3) is 0.500. The van der Waals surface area contributed by atoms with Gasteiger partial charge in [0.1, 0.15) is 17.2 Å². The first-order valence-electron chi connectivity index (χ1n) is 13.9. The van der Waals surface area contributed by atoms with Crippen molar-refractivity contribution < 1.29 is 19.0 Å². The summed E-state index contributed by atoms with van der Waals surface area (Å²) in [7, 11) is 4.92. The van der Waals surface area contributed by atoms with Crippen molar-refractivity contribution in [1.29, 1.82) is 0 Å². The third kappa shape index (κ3) is 6.44. The van der Waals surface area contributed by atoms with Crippen LogP contribution in [-0.2, 0) is 17.4 Å². The highest BCUT2D eigenvalue weighted by Crippen LogP contribution is 2.35. The molecule has 2 aromatic carbocycles. The molecule has 1 atom stereocenters. The second-order valence-corrected chi connectivity index (χ2v) is 12.6. The molecule has 1 aliphatic rings. The van der Waals surface area contributed by atoms with Crippen LogP contribution in [0.5, 0.6) is 17.2 Å². The molecule has 0 radical (unpaired) electrons. The molecule has 1 aromatic heterocycles. The van der Waals surface area contributed by atoms with Crippen molar-refractivity contribution in [2.75, 3.05) is 34.4 Å². The number of carbonyl (C=O) groups excluding carboxylic acids is 1. The third-order valence-electron chi connectivity index (χ3n) is 7.43. The first kappa shape index (κ1) is 29.5. The summed E-state index contributed by atoms with van der Waals surface area (Å²) < 4.78 is 18.6. The molecule has 1 unspecified atom stereocenters. The standard InChI is InChI=1S/C32H44N4O4/c1-31(2,3)28-18-29(32(4,5)6)36(34-28)23-12-10-21(11-13-23)30(37)33-22-14-15-35(19-22)20-25-26(39-8)16-24(38-7)17-27(25)40-9/h10-13,16-18,22H,14-15,19-20H2,1-9H3,(H,33,37). The largest absolute Gasteiger partial charge is 0.496 e. The Bertz CT molecular complexity index is 1310. The molecule has 0 bridgehead atoms. The van der Waals surface area contributed by atoms with Crippen molar-refractivity contribution in [3.05, 3.63) is 65.0 Å². The minimum atomic E-state index is -0.0687. The predicted octanol–water partition coefficient (Wildman–Crippen LogP) is 5.50. The fourth-order valence-electron chi connectivity index (χ4n) is 5.05. The van der Waals surface area contributed by atoms with Crippen LogP contribution >= 0.6 is 0 Å². The van der Waals surface area contributed by atoms with Gasteiger partial charge in [0.2, 0.25) is 0 Å². The van der Waals surface area contributed by atoms with Gasteiger partial charge >= 0.3 is 0 Å². The lowest BCUT2D eigenvalue weighted by Crippen LogP contribution is -2.37. The number of nitrogens with zero attached hydrogens (tertiary/aromatic N) is 3. The van der Waals surface area contributed by atoms with Gasteiger partial charge in [-0.2, -0.15) is 5.10 Å². The van der Waals surface area contributed by atoms with Crippen molar-refractivity contribution in [2.45, 2.75) is 71.4 Å². The maximum absolute atomic E-state index is 13.1. The molecule has 216 valence electrons. The Morgan fingerprint density at radius 3 is 2.08 bits per heavy atom. The zero-order valence-electron chi connectivity index (χ0n) is 25.4. The van der Waals surface area contributed by atoms with Crippen molar-refractivity contribution in [3.8, 4) is 22.9 Å². The van der Waals surface area contributed by atoms with E-state index < -0.39 is 0 Å². The Hall–Kier alpha value is -3.52.